The van der Waals surface area contributed by atoms with Gasteiger partial charge in [0.1, 0.15) is 5.82 Å². The Kier molecular flexibility index (Phi) is 6.45. The maximum Gasteiger partial charge on any atom is 0.276 e. The molecule has 1 atom stereocenters. The minimum atomic E-state index is -0.567. The third-order valence-electron chi connectivity index (χ3n) is 6.19. The van der Waals surface area contributed by atoms with Crippen molar-refractivity contribution in [2.45, 2.75) is 32.7 Å². The average molecular weight is 461 g/mol. The number of aliphatic hydroxyl groups excluding tert-OH is 1. The summed E-state index contributed by atoms with van der Waals surface area (Å²) in [6.07, 6.45) is 2.46. The molecular formula is C27H25FN2O4. The smallest absolute Gasteiger partial charge is 0.276 e. The molecule has 0 aromatic heterocycles. The van der Waals surface area contributed by atoms with E-state index in [2.05, 4.69) is 23.1 Å². The number of nitrogens with zero attached hydrogens (tertiary/aromatic N) is 2. The highest BCUT2D eigenvalue weighted by Crippen LogP contribution is 2.37. The molecule has 0 aliphatic carbocycles. The van der Waals surface area contributed by atoms with Crippen LogP contribution in [0.4, 0.5) is 15.8 Å². The van der Waals surface area contributed by atoms with Gasteiger partial charge in [0.05, 0.1) is 16.5 Å². The van der Waals surface area contributed by atoms with Gasteiger partial charge in [-0.25, -0.2) is 4.39 Å². The van der Waals surface area contributed by atoms with Gasteiger partial charge < -0.3 is 10.0 Å². The largest absolute Gasteiger partial charge is 0.504 e. The molecule has 0 fully saturated rings. The molecule has 174 valence electrons. The summed E-state index contributed by atoms with van der Waals surface area (Å²) in [7, 11) is 0. The van der Waals surface area contributed by atoms with E-state index < -0.39 is 16.5 Å². The lowest BCUT2D eigenvalue weighted by molar-refractivity contribution is -0.385. The molecule has 4 rings (SSSR count). The maximum absolute atomic E-state index is 13.6. The van der Waals surface area contributed by atoms with Gasteiger partial charge in [-0.05, 0) is 72.9 Å². The molecule has 0 radical (unpaired) electrons. The van der Waals surface area contributed by atoms with Crippen LogP contribution in [0.15, 0.2) is 66.4 Å². The Morgan fingerprint density at radius 2 is 1.91 bits per heavy atom. The average Bonchev–Trinajstić information content (AvgIpc) is 2.80. The van der Waals surface area contributed by atoms with Crippen LogP contribution in [0.3, 0.4) is 0 Å². The number of rotatable bonds is 6. The van der Waals surface area contributed by atoms with Crippen LogP contribution in [0.25, 0.3) is 6.08 Å². The van der Waals surface area contributed by atoms with Gasteiger partial charge in [0.25, 0.3) is 5.69 Å². The second-order valence-electron chi connectivity index (χ2n) is 8.58. The Hall–Kier alpha value is -4.00. The number of allylic oxidation sites excluding steroid dienone is 1. The number of halogens is 1. The molecule has 3 aromatic rings. The van der Waals surface area contributed by atoms with E-state index in [-0.39, 0.29) is 23.1 Å². The molecule has 3 aromatic carbocycles. The van der Waals surface area contributed by atoms with E-state index in [1.807, 2.05) is 6.92 Å². The van der Waals surface area contributed by atoms with Crippen molar-refractivity contribution in [3.8, 4) is 0 Å². The molecule has 1 aliphatic heterocycles. The normalized spacial score (nSPS) is 15.7. The van der Waals surface area contributed by atoms with Crippen molar-refractivity contribution in [3.05, 3.63) is 110 Å². The van der Waals surface area contributed by atoms with Crippen molar-refractivity contribution < 1.29 is 19.2 Å². The monoisotopic (exact) mass is 460 g/mol. The van der Waals surface area contributed by atoms with Gasteiger partial charge >= 0.3 is 0 Å². The first-order chi connectivity index (χ1) is 16.2. The molecule has 0 bridgehead atoms. The highest BCUT2D eigenvalue weighted by atomic mass is 19.1. The third kappa shape index (κ3) is 4.83. The van der Waals surface area contributed by atoms with Gasteiger partial charge in [0, 0.05) is 25.2 Å². The highest BCUT2D eigenvalue weighted by Gasteiger charge is 2.29. The molecule has 1 unspecified atom stereocenters. The second-order valence-corrected chi connectivity index (χ2v) is 8.58. The lowest BCUT2D eigenvalue weighted by Gasteiger charge is -2.39. The number of nitro groups is 1. The molecule has 1 N–H and O–H groups in total. The van der Waals surface area contributed by atoms with E-state index in [4.69, 9.17) is 0 Å². The van der Waals surface area contributed by atoms with E-state index in [1.165, 1.54) is 36.2 Å². The number of hydrogen-bond donors (Lipinski definition) is 1. The Labute approximate surface area is 197 Å². The number of carbonyl (C=O) groups is 1. The van der Waals surface area contributed by atoms with Crippen molar-refractivity contribution in [1.29, 1.82) is 0 Å². The van der Waals surface area contributed by atoms with E-state index in [0.29, 0.717) is 6.42 Å². The van der Waals surface area contributed by atoms with Gasteiger partial charge in [0.2, 0.25) is 0 Å². The van der Waals surface area contributed by atoms with Gasteiger partial charge in [0.15, 0.2) is 11.5 Å². The van der Waals surface area contributed by atoms with Crippen LogP contribution in [0.2, 0.25) is 0 Å². The van der Waals surface area contributed by atoms with Gasteiger partial charge in [-0.3, -0.25) is 14.9 Å². The number of anilines is 1. The van der Waals surface area contributed by atoms with Crippen LogP contribution in [0.5, 0.6) is 0 Å². The lowest BCUT2D eigenvalue weighted by atomic mass is 9.87. The Bertz CT molecular complexity index is 1280. The number of benzene rings is 3. The minimum Gasteiger partial charge on any atom is -0.504 e. The van der Waals surface area contributed by atoms with Crippen molar-refractivity contribution in [3.63, 3.8) is 0 Å². The number of aliphatic hydroxyl groups is 1. The Balaban J connectivity index is 1.75. The summed E-state index contributed by atoms with van der Waals surface area (Å²) in [4.78, 5) is 24.8. The van der Waals surface area contributed by atoms with Gasteiger partial charge in [-0.15, -0.1) is 0 Å². The van der Waals surface area contributed by atoms with Gasteiger partial charge in [-0.1, -0.05) is 29.8 Å². The maximum atomic E-state index is 13.6. The Morgan fingerprint density at radius 3 is 2.59 bits per heavy atom. The number of aryl methyl sites for hydroxylation is 1. The molecule has 0 spiro atoms. The predicted octanol–water partition coefficient (Wildman–Crippen LogP) is 5.88. The van der Waals surface area contributed by atoms with Crippen LogP contribution < -0.4 is 4.90 Å². The molecule has 0 saturated carbocycles. The Morgan fingerprint density at radius 1 is 1.18 bits per heavy atom. The summed E-state index contributed by atoms with van der Waals surface area (Å²) in [5.41, 5.74) is 5.17. The fraction of sp³-hybridized carbons (Fsp3) is 0.222. The molecule has 0 amide bonds. The number of carbonyl (C=O) groups excluding carboxylic acids is 1. The van der Waals surface area contributed by atoms with E-state index >= 15 is 0 Å². The fourth-order valence-electron chi connectivity index (χ4n) is 4.47. The molecule has 6 nitrogen and oxygen atoms in total. The molecule has 7 heteroatoms. The summed E-state index contributed by atoms with van der Waals surface area (Å²) in [5.74, 6) is -1.40. The molecule has 1 aliphatic rings. The third-order valence-corrected chi connectivity index (χ3v) is 6.19. The molecule has 0 saturated heterocycles. The summed E-state index contributed by atoms with van der Waals surface area (Å²) in [6.45, 7) is 3.98. The zero-order valence-corrected chi connectivity index (χ0v) is 19.0. The predicted molar refractivity (Wildman–Crippen MR) is 129 cm³/mol. The van der Waals surface area contributed by atoms with Crippen molar-refractivity contribution in [2.75, 3.05) is 11.4 Å². The quantitative estimate of drug-likeness (QED) is 0.215. The molecule has 1 heterocycles. The van der Waals surface area contributed by atoms with Crippen molar-refractivity contribution >= 4 is 23.2 Å². The number of hydrogen-bond acceptors (Lipinski definition) is 5. The fourth-order valence-corrected chi connectivity index (χ4v) is 4.47. The first-order valence-corrected chi connectivity index (χ1v) is 11.0. The number of ketones is 1. The lowest BCUT2D eigenvalue weighted by Crippen LogP contribution is -2.36. The topological polar surface area (TPSA) is 83.7 Å². The first-order valence-electron chi connectivity index (χ1n) is 11.0. The number of nitro benzene ring substituents is 1. The van der Waals surface area contributed by atoms with Crippen LogP contribution in [-0.2, 0) is 17.6 Å². The minimum absolute atomic E-state index is 0.0959. The first kappa shape index (κ1) is 23.2. The second kappa shape index (κ2) is 9.47. The van der Waals surface area contributed by atoms with Crippen LogP contribution in [-0.4, -0.2) is 22.4 Å². The van der Waals surface area contributed by atoms with E-state index in [1.54, 1.807) is 24.3 Å². The highest BCUT2D eigenvalue weighted by molar-refractivity contribution is 5.95. The zero-order valence-electron chi connectivity index (χ0n) is 19.0. The number of fused-ring (bicyclic) bond motifs is 1. The van der Waals surface area contributed by atoms with Crippen LogP contribution in [0.1, 0.15) is 40.8 Å². The summed E-state index contributed by atoms with van der Waals surface area (Å²) >= 11 is 0. The van der Waals surface area contributed by atoms with E-state index in [9.17, 15) is 24.4 Å². The molecule has 34 heavy (non-hydrogen) atoms. The summed E-state index contributed by atoms with van der Waals surface area (Å²) in [6, 6.07) is 17.4. The number of Topliss-reactive ketones (excluding diaryl/α,β-unsaturated/α-hetero) is 1. The standard InChI is InChI=1S/C27H25FN2O4/c1-17-3-10-24-20(13-17)11-12-29(23-8-6-22(28)7-9-23)26(24)15-19-4-5-21(16-27(32)18(2)31)25(14-19)30(33)34/h3-10,13-14,16,26,32H,11-12,15H2,1-2H3/b27-16-. The zero-order chi connectivity index (χ0) is 24.4. The van der Waals surface area contributed by atoms with Crippen LogP contribution >= 0.6 is 0 Å². The SMILES string of the molecule is CC(=O)/C(O)=C/c1ccc(CC2c3ccc(C)cc3CCN2c2ccc(F)cc2)cc1[N+](=O)[O-]. The summed E-state index contributed by atoms with van der Waals surface area (Å²) in [5, 5.41) is 21.5. The molecular weight excluding hydrogens is 435 g/mol. The van der Waals surface area contributed by atoms with E-state index in [0.717, 1.165) is 35.9 Å². The van der Waals surface area contributed by atoms with Crippen LogP contribution in [0, 0.1) is 22.9 Å². The van der Waals surface area contributed by atoms with Crippen molar-refractivity contribution in [1.82, 2.24) is 0 Å². The van der Waals surface area contributed by atoms with Crippen molar-refractivity contribution in [2.24, 2.45) is 0 Å². The van der Waals surface area contributed by atoms with Gasteiger partial charge in [-0.2, -0.15) is 0 Å². The summed E-state index contributed by atoms with van der Waals surface area (Å²) < 4.78 is 13.6.